The van der Waals surface area contributed by atoms with Gasteiger partial charge >= 0.3 is 6.09 Å². The Labute approximate surface area is 164 Å². The molecule has 7 heteroatoms. The number of hydrogen-bond acceptors (Lipinski definition) is 5. The van der Waals surface area contributed by atoms with Gasteiger partial charge in [-0.3, -0.25) is 4.79 Å². The minimum absolute atomic E-state index is 0.0376. The molecule has 3 N–H and O–H groups in total. The second-order valence-corrected chi connectivity index (χ2v) is 6.32. The molecule has 0 fully saturated rings. The number of nitrogens with one attached hydrogen (secondary N) is 2. The van der Waals surface area contributed by atoms with Gasteiger partial charge in [0.15, 0.2) is 11.5 Å². The van der Waals surface area contributed by atoms with Crippen LogP contribution in [-0.4, -0.2) is 30.8 Å². The van der Waals surface area contributed by atoms with Crippen molar-refractivity contribution in [1.29, 1.82) is 0 Å². The number of phenolic OH excluding ortho intramolecular Hbond substituents is 1. The third-order valence-corrected chi connectivity index (χ3v) is 4.14. The van der Waals surface area contributed by atoms with Gasteiger partial charge in [0.05, 0.1) is 13.2 Å². The van der Waals surface area contributed by atoms with Gasteiger partial charge in [-0.2, -0.15) is 0 Å². The molecule has 7 nitrogen and oxygen atoms in total. The van der Waals surface area contributed by atoms with Gasteiger partial charge in [0.25, 0.3) is 0 Å². The zero-order valence-corrected chi connectivity index (χ0v) is 16.1. The second kappa shape index (κ2) is 10.8. The van der Waals surface area contributed by atoms with E-state index in [2.05, 4.69) is 10.6 Å². The summed E-state index contributed by atoms with van der Waals surface area (Å²) in [6, 6.07) is 14.1. The fraction of sp³-hybridized carbons (Fsp3) is 0.333. The van der Waals surface area contributed by atoms with E-state index >= 15 is 0 Å². The molecule has 2 rings (SSSR count). The fourth-order valence-electron chi connectivity index (χ4n) is 2.75. The fourth-order valence-corrected chi connectivity index (χ4v) is 2.75. The minimum Gasteiger partial charge on any atom is -0.504 e. The first-order chi connectivity index (χ1) is 13.5. The highest BCUT2D eigenvalue weighted by Gasteiger charge is 2.15. The van der Waals surface area contributed by atoms with E-state index in [9.17, 15) is 14.7 Å². The maximum Gasteiger partial charge on any atom is 0.407 e. The summed E-state index contributed by atoms with van der Waals surface area (Å²) >= 11 is 0. The van der Waals surface area contributed by atoms with Crippen molar-refractivity contribution in [2.45, 2.75) is 32.4 Å². The molecule has 1 atom stereocenters. The van der Waals surface area contributed by atoms with Crippen LogP contribution < -0.4 is 15.4 Å². The van der Waals surface area contributed by atoms with Gasteiger partial charge in [-0.15, -0.1) is 0 Å². The Hall–Kier alpha value is -3.22. The first kappa shape index (κ1) is 21.1. The van der Waals surface area contributed by atoms with Crippen molar-refractivity contribution in [2.75, 3.05) is 13.7 Å². The molecular formula is C21H26N2O5. The lowest BCUT2D eigenvalue weighted by atomic mass is 10.0. The molecule has 2 amide bonds. The number of amides is 2. The highest BCUT2D eigenvalue weighted by Crippen LogP contribution is 2.30. The maximum absolute atomic E-state index is 11.8. The predicted octanol–water partition coefficient (Wildman–Crippen LogP) is 3.28. The molecule has 0 aliphatic rings. The number of carbonyl (C=O) groups excluding carboxylic acids is 2. The molecule has 28 heavy (non-hydrogen) atoms. The van der Waals surface area contributed by atoms with Crippen LogP contribution in [0, 0.1) is 0 Å². The molecule has 0 spiro atoms. The monoisotopic (exact) mass is 386 g/mol. The summed E-state index contributed by atoms with van der Waals surface area (Å²) in [4.78, 5) is 23.3. The van der Waals surface area contributed by atoms with Gasteiger partial charge in [-0.1, -0.05) is 36.4 Å². The molecule has 0 bridgehead atoms. The Kier molecular flexibility index (Phi) is 8.14. The zero-order valence-electron chi connectivity index (χ0n) is 16.1. The quantitative estimate of drug-likeness (QED) is 0.575. The summed E-state index contributed by atoms with van der Waals surface area (Å²) in [6.45, 7) is 2.08. The van der Waals surface area contributed by atoms with Crippen LogP contribution in [0.5, 0.6) is 11.5 Å². The Balaban J connectivity index is 1.81. The Bertz CT molecular complexity index is 780. The number of ether oxygens (including phenoxy) is 2. The molecule has 0 heterocycles. The summed E-state index contributed by atoms with van der Waals surface area (Å²) in [6.07, 6.45) is 0.757. The number of aromatic hydroxyl groups is 1. The van der Waals surface area contributed by atoms with Crippen molar-refractivity contribution in [3.05, 3.63) is 59.7 Å². The molecule has 0 radical (unpaired) electrons. The van der Waals surface area contributed by atoms with Crippen LogP contribution in [0.1, 0.15) is 36.9 Å². The van der Waals surface area contributed by atoms with E-state index in [0.717, 1.165) is 11.1 Å². The molecule has 2 aromatic carbocycles. The molecule has 0 aliphatic carbocycles. The molecule has 0 saturated carbocycles. The minimum atomic E-state index is -0.480. The largest absolute Gasteiger partial charge is 0.504 e. The Morgan fingerprint density at radius 1 is 1.14 bits per heavy atom. The number of carbonyl (C=O) groups is 2. The topological polar surface area (TPSA) is 96.9 Å². The van der Waals surface area contributed by atoms with Crippen LogP contribution in [-0.2, 0) is 16.1 Å². The Morgan fingerprint density at radius 3 is 2.57 bits per heavy atom. The number of methoxy groups -OCH3 is 1. The van der Waals surface area contributed by atoms with Crippen molar-refractivity contribution in [2.24, 2.45) is 0 Å². The van der Waals surface area contributed by atoms with Crippen LogP contribution in [0.3, 0.4) is 0 Å². The summed E-state index contributed by atoms with van der Waals surface area (Å²) in [7, 11) is 1.47. The molecule has 0 unspecified atom stereocenters. The summed E-state index contributed by atoms with van der Waals surface area (Å²) < 4.78 is 10.3. The van der Waals surface area contributed by atoms with Gasteiger partial charge in [0.1, 0.15) is 6.61 Å². The highest BCUT2D eigenvalue weighted by molar-refractivity contribution is 5.73. The molecule has 0 aliphatic heterocycles. The maximum atomic E-state index is 11.8. The van der Waals surface area contributed by atoms with E-state index in [-0.39, 0.29) is 24.3 Å². The highest BCUT2D eigenvalue weighted by atomic mass is 16.5. The normalized spacial score (nSPS) is 11.4. The average Bonchev–Trinajstić information content (AvgIpc) is 2.69. The summed E-state index contributed by atoms with van der Waals surface area (Å²) in [5.74, 6) is 0.221. The predicted molar refractivity (Wildman–Crippen MR) is 105 cm³/mol. The smallest absolute Gasteiger partial charge is 0.407 e. The summed E-state index contributed by atoms with van der Waals surface area (Å²) in [5, 5.41) is 15.3. The Morgan fingerprint density at radius 2 is 1.89 bits per heavy atom. The van der Waals surface area contributed by atoms with Crippen LogP contribution in [0.4, 0.5) is 4.79 Å². The van der Waals surface area contributed by atoms with Gasteiger partial charge in [-0.25, -0.2) is 4.79 Å². The molecule has 0 aromatic heterocycles. The summed E-state index contributed by atoms with van der Waals surface area (Å²) in [5.41, 5.74) is 1.74. The van der Waals surface area contributed by atoms with E-state index in [1.807, 2.05) is 30.3 Å². The number of rotatable bonds is 9. The first-order valence-electron chi connectivity index (χ1n) is 9.08. The van der Waals surface area contributed by atoms with Gasteiger partial charge in [-0.05, 0) is 36.1 Å². The third-order valence-electron chi connectivity index (χ3n) is 4.14. The van der Waals surface area contributed by atoms with Crippen molar-refractivity contribution in [3.8, 4) is 11.5 Å². The average molecular weight is 386 g/mol. The van der Waals surface area contributed by atoms with Crippen LogP contribution in [0.2, 0.25) is 0 Å². The van der Waals surface area contributed by atoms with Gasteiger partial charge < -0.3 is 25.2 Å². The molecular weight excluding hydrogens is 360 g/mol. The van der Waals surface area contributed by atoms with E-state index < -0.39 is 6.09 Å². The van der Waals surface area contributed by atoms with Gasteiger partial charge in [0, 0.05) is 13.5 Å². The van der Waals surface area contributed by atoms with Crippen LogP contribution >= 0.6 is 0 Å². The lowest BCUT2D eigenvalue weighted by molar-refractivity contribution is -0.119. The van der Waals surface area contributed by atoms with Crippen LogP contribution in [0.25, 0.3) is 0 Å². The second-order valence-electron chi connectivity index (χ2n) is 6.32. The lowest BCUT2D eigenvalue weighted by Gasteiger charge is -2.19. The number of hydrogen-bond donors (Lipinski definition) is 3. The van der Waals surface area contributed by atoms with Crippen molar-refractivity contribution in [3.63, 3.8) is 0 Å². The molecule has 2 aromatic rings. The lowest BCUT2D eigenvalue weighted by Crippen LogP contribution is -2.29. The van der Waals surface area contributed by atoms with Crippen molar-refractivity contribution < 1.29 is 24.2 Å². The van der Waals surface area contributed by atoms with Gasteiger partial charge in [0.2, 0.25) is 5.91 Å². The molecule has 150 valence electrons. The van der Waals surface area contributed by atoms with Crippen LogP contribution in [0.15, 0.2) is 48.5 Å². The van der Waals surface area contributed by atoms with Crippen molar-refractivity contribution >= 4 is 12.0 Å². The standard InChI is InChI=1S/C21H26N2O5/c1-15(24)23-18(17-10-11-19(25)20(13-17)27-2)9-6-12-22-21(26)28-14-16-7-4-3-5-8-16/h3-5,7-8,10-11,13,18,25H,6,9,12,14H2,1-2H3,(H,22,26)(H,23,24)/t18-/m1/s1. The molecule has 0 saturated heterocycles. The van der Waals surface area contributed by atoms with E-state index in [1.165, 1.54) is 20.1 Å². The number of benzene rings is 2. The SMILES string of the molecule is COc1cc([C@@H](CCCNC(=O)OCc2ccccc2)NC(C)=O)ccc1O. The van der Waals surface area contributed by atoms with Crippen molar-refractivity contribution in [1.82, 2.24) is 10.6 Å². The van der Waals surface area contributed by atoms with E-state index in [1.54, 1.807) is 12.1 Å². The zero-order chi connectivity index (χ0) is 20.4. The number of alkyl carbamates (subject to hydrolysis) is 1. The number of phenols is 1. The third kappa shape index (κ3) is 6.83. The first-order valence-corrected chi connectivity index (χ1v) is 9.08. The van der Waals surface area contributed by atoms with E-state index in [4.69, 9.17) is 9.47 Å². The van der Waals surface area contributed by atoms with E-state index in [0.29, 0.717) is 25.1 Å².